The van der Waals surface area contributed by atoms with Crippen LogP contribution in [-0.4, -0.2) is 11.5 Å². The van der Waals surface area contributed by atoms with Gasteiger partial charge in [0.15, 0.2) is 0 Å². The van der Waals surface area contributed by atoms with Crippen molar-refractivity contribution in [1.29, 1.82) is 0 Å². The van der Waals surface area contributed by atoms with Crippen molar-refractivity contribution in [3.8, 4) is 0 Å². The minimum absolute atomic E-state index is 0.205. The van der Waals surface area contributed by atoms with Crippen LogP contribution in [0.1, 0.15) is 6.92 Å². The highest BCUT2D eigenvalue weighted by atomic mass is 35.5. The Labute approximate surface area is 81.8 Å². The first-order valence-electron chi connectivity index (χ1n) is 3.79. The van der Waals surface area contributed by atoms with Crippen molar-refractivity contribution in [2.24, 2.45) is 0 Å². The van der Waals surface area contributed by atoms with Crippen molar-refractivity contribution >= 4 is 24.5 Å². The summed E-state index contributed by atoms with van der Waals surface area (Å²) in [5.41, 5.74) is 0. The molecule has 0 aromatic heterocycles. The molecule has 0 heterocycles. The van der Waals surface area contributed by atoms with E-state index in [1.54, 1.807) is 19.1 Å². The van der Waals surface area contributed by atoms with Gasteiger partial charge in [0.2, 0.25) is 0 Å². The van der Waals surface area contributed by atoms with Crippen LogP contribution in [0, 0.1) is 0 Å². The fraction of sp³-hybridized carbons (Fsp3) is 0.250. The molecule has 13 heavy (non-hydrogen) atoms. The molecule has 0 saturated carbocycles. The van der Waals surface area contributed by atoms with Gasteiger partial charge in [-0.1, -0.05) is 11.6 Å². The quantitative estimate of drug-likeness (QED) is 0.795. The Balaban J connectivity index is 2.94. The highest BCUT2D eigenvalue weighted by molar-refractivity contribution is 7.61. The van der Waals surface area contributed by atoms with Gasteiger partial charge in [0.05, 0.1) is 11.9 Å². The smallest absolute Gasteiger partial charge is 0.321 e. The highest BCUT2D eigenvalue weighted by Crippen LogP contribution is 2.40. The molecule has 5 heteroatoms. The lowest BCUT2D eigenvalue weighted by atomic mass is 10.4. The number of hydrogen-bond acceptors (Lipinski definition) is 2. The van der Waals surface area contributed by atoms with Crippen molar-refractivity contribution in [2.75, 3.05) is 6.61 Å². The summed E-state index contributed by atoms with van der Waals surface area (Å²) in [4.78, 5) is 9.37. The number of rotatable bonds is 3. The monoisotopic (exact) mass is 220 g/mol. The molecule has 1 N–H and O–H groups in total. The average molecular weight is 221 g/mol. The molecule has 0 fully saturated rings. The standard InChI is InChI=1S/C8H10ClO3P/c1-2-12-13(10,11)8-5-3-7(9)4-6-8/h3-6H,2H2,1H3,(H,10,11). The van der Waals surface area contributed by atoms with Crippen LogP contribution in [0.15, 0.2) is 24.3 Å². The second-order valence-electron chi connectivity index (χ2n) is 2.41. The minimum Gasteiger partial charge on any atom is -0.321 e. The third kappa shape index (κ3) is 2.82. The van der Waals surface area contributed by atoms with Crippen LogP contribution in [0.4, 0.5) is 0 Å². The molecule has 0 aliphatic heterocycles. The molecule has 0 aliphatic rings. The number of hydrogen-bond donors (Lipinski definition) is 1. The van der Waals surface area contributed by atoms with E-state index >= 15 is 0 Å². The zero-order valence-electron chi connectivity index (χ0n) is 7.11. The Bertz CT molecular complexity index is 323. The van der Waals surface area contributed by atoms with Crippen molar-refractivity contribution in [1.82, 2.24) is 0 Å². The molecule has 0 saturated heterocycles. The molecule has 1 rings (SSSR count). The van der Waals surface area contributed by atoms with Crippen molar-refractivity contribution in [3.05, 3.63) is 29.3 Å². The summed E-state index contributed by atoms with van der Waals surface area (Å²) in [6, 6.07) is 6.08. The van der Waals surface area contributed by atoms with Gasteiger partial charge in [-0.25, -0.2) is 0 Å². The van der Waals surface area contributed by atoms with E-state index in [2.05, 4.69) is 0 Å². The maximum absolute atomic E-state index is 11.4. The summed E-state index contributed by atoms with van der Waals surface area (Å²) >= 11 is 5.63. The van der Waals surface area contributed by atoms with E-state index in [9.17, 15) is 9.46 Å². The fourth-order valence-electron chi connectivity index (χ4n) is 0.879. The van der Waals surface area contributed by atoms with Crippen LogP contribution in [0.5, 0.6) is 0 Å². The minimum atomic E-state index is -3.62. The normalized spacial score (nSPS) is 15.3. The average Bonchev–Trinajstić information content (AvgIpc) is 2.05. The summed E-state index contributed by atoms with van der Waals surface area (Å²) in [5.74, 6) is 0. The fourth-order valence-corrected chi connectivity index (χ4v) is 2.03. The Morgan fingerprint density at radius 1 is 1.46 bits per heavy atom. The molecule has 72 valence electrons. The van der Waals surface area contributed by atoms with E-state index in [0.717, 1.165) is 0 Å². The Morgan fingerprint density at radius 2 is 2.00 bits per heavy atom. The molecular weight excluding hydrogens is 211 g/mol. The summed E-state index contributed by atoms with van der Waals surface area (Å²) in [7, 11) is -3.62. The Kier molecular flexibility index (Phi) is 3.51. The van der Waals surface area contributed by atoms with Gasteiger partial charge in [-0.2, -0.15) is 0 Å². The first-order valence-corrected chi connectivity index (χ1v) is 5.75. The van der Waals surface area contributed by atoms with E-state index < -0.39 is 7.60 Å². The van der Waals surface area contributed by atoms with Crippen molar-refractivity contribution < 1.29 is 14.0 Å². The zero-order chi connectivity index (χ0) is 9.90. The molecule has 0 aliphatic carbocycles. The first-order chi connectivity index (χ1) is 6.06. The van der Waals surface area contributed by atoms with E-state index in [1.165, 1.54) is 12.1 Å². The molecule has 0 radical (unpaired) electrons. The van der Waals surface area contributed by atoms with Gasteiger partial charge in [-0.15, -0.1) is 0 Å². The van der Waals surface area contributed by atoms with E-state index in [-0.39, 0.29) is 11.9 Å². The van der Waals surface area contributed by atoms with Crippen molar-refractivity contribution in [2.45, 2.75) is 6.92 Å². The highest BCUT2D eigenvalue weighted by Gasteiger charge is 2.21. The molecule has 0 bridgehead atoms. The van der Waals surface area contributed by atoms with Crippen molar-refractivity contribution in [3.63, 3.8) is 0 Å². The third-order valence-electron chi connectivity index (χ3n) is 1.46. The van der Waals surface area contributed by atoms with Gasteiger partial charge < -0.3 is 9.42 Å². The first kappa shape index (κ1) is 10.7. The molecule has 1 aromatic rings. The third-order valence-corrected chi connectivity index (χ3v) is 3.27. The Hall–Kier alpha value is -0.340. The molecule has 0 amide bonds. The van der Waals surface area contributed by atoms with Gasteiger partial charge in [0.1, 0.15) is 0 Å². The van der Waals surface area contributed by atoms with Crippen LogP contribution in [0.3, 0.4) is 0 Å². The Morgan fingerprint density at radius 3 is 2.46 bits per heavy atom. The van der Waals surface area contributed by atoms with Crippen LogP contribution in [0.2, 0.25) is 5.02 Å². The molecule has 1 aromatic carbocycles. The predicted molar refractivity (Wildman–Crippen MR) is 52.5 cm³/mol. The number of halogens is 1. The van der Waals surface area contributed by atoms with Crippen LogP contribution < -0.4 is 5.30 Å². The molecule has 0 spiro atoms. The molecule has 3 nitrogen and oxygen atoms in total. The van der Waals surface area contributed by atoms with E-state index in [1.807, 2.05) is 0 Å². The predicted octanol–water partition coefficient (Wildman–Crippen LogP) is 2.19. The van der Waals surface area contributed by atoms with Gasteiger partial charge >= 0.3 is 7.60 Å². The summed E-state index contributed by atoms with van der Waals surface area (Å²) in [5, 5.41) is 0.791. The lowest BCUT2D eigenvalue weighted by molar-refractivity contribution is 0.284. The topological polar surface area (TPSA) is 46.5 Å². The summed E-state index contributed by atoms with van der Waals surface area (Å²) < 4.78 is 16.1. The molecular formula is C8H10ClO3P. The summed E-state index contributed by atoms with van der Waals surface area (Å²) in [6.45, 7) is 1.87. The molecule has 1 unspecified atom stereocenters. The van der Waals surface area contributed by atoms with Crippen LogP contribution in [0.25, 0.3) is 0 Å². The zero-order valence-corrected chi connectivity index (χ0v) is 8.76. The van der Waals surface area contributed by atoms with E-state index in [4.69, 9.17) is 16.1 Å². The number of benzene rings is 1. The van der Waals surface area contributed by atoms with Crippen LogP contribution >= 0.6 is 19.2 Å². The maximum Gasteiger partial charge on any atom is 0.358 e. The lowest BCUT2D eigenvalue weighted by Crippen LogP contribution is -2.06. The summed E-state index contributed by atoms with van der Waals surface area (Å²) in [6.07, 6.45) is 0. The van der Waals surface area contributed by atoms with Gasteiger partial charge in [-0.3, -0.25) is 4.57 Å². The maximum atomic E-state index is 11.4. The second kappa shape index (κ2) is 4.25. The largest absolute Gasteiger partial charge is 0.358 e. The SMILES string of the molecule is CCOP(=O)(O)c1ccc(Cl)cc1. The van der Waals surface area contributed by atoms with Gasteiger partial charge in [0.25, 0.3) is 0 Å². The van der Waals surface area contributed by atoms with Gasteiger partial charge in [0, 0.05) is 5.02 Å². The second-order valence-corrected chi connectivity index (χ2v) is 4.67. The molecule has 1 atom stereocenters. The van der Waals surface area contributed by atoms with E-state index in [0.29, 0.717) is 5.02 Å². The van der Waals surface area contributed by atoms with Crippen LogP contribution in [-0.2, 0) is 9.09 Å². The lowest BCUT2D eigenvalue weighted by Gasteiger charge is -2.10. The van der Waals surface area contributed by atoms with Gasteiger partial charge in [-0.05, 0) is 31.2 Å².